The van der Waals surface area contributed by atoms with Crippen LogP contribution in [0.2, 0.25) is 5.15 Å². The van der Waals surface area contributed by atoms with Crippen LogP contribution in [-0.2, 0) is 0 Å². The molecule has 0 atom stereocenters. The van der Waals surface area contributed by atoms with E-state index in [4.69, 9.17) is 21.3 Å². The van der Waals surface area contributed by atoms with Gasteiger partial charge in [-0.3, -0.25) is 0 Å². The molecule has 3 nitrogen and oxygen atoms in total. The summed E-state index contributed by atoms with van der Waals surface area (Å²) in [6, 6.07) is 15.6. The third-order valence-corrected chi connectivity index (χ3v) is 4.02. The molecule has 1 aromatic carbocycles. The Hall–Kier alpha value is -2.39. The van der Waals surface area contributed by atoms with E-state index in [1.54, 1.807) is 18.3 Å². The molecule has 122 valence electrons. The van der Waals surface area contributed by atoms with Gasteiger partial charge in [0.15, 0.2) is 5.75 Å². The number of hydrogen-bond acceptors (Lipinski definition) is 3. The highest BCUT2D eigenvalue weighted by atomic mass is 35.5. The quantitative estimate of drug-likeness (QED) is 0.545. The van der Waals surface area contributed by atoms with Crippen LogP contribution in [0.5, 0.6) is 11.5 Å². The molecule has 4 heteroatoms. The first-order chi connectivity index (χ1) is 11.5. The number of benzene rings is 1. The zero-order valence-electron chi connectivity index (χ0n) is 14.0. The fourth-order valence-corrected chi connectivity index (χ4v) is 2.81. The molecule has 0 aliphatic heterocycles. The smallest absolute Gasteiger partial charge is 0.154 e. The third kappa shape index (κ3) is 3.57. The van der Waals surface area contributed by atoms with E-state index in [1.807, 2.05) is 37.3 Å². The van der Waals surface area contributed by atoms with Crippen molar-refractivity contribution in [3.63, 3.8) is 0 Å². The molecular formula is C20H19ClN2O. The van der Waals surface area contributed by atoms with Crippen LogP contribution in [0.4, 0.5) is 0 Å². The van der Waals surface area contributed by atoms with Gasteiger partial charge in [0.2, 0.25) is 0 Å². The Labute approximate surface area is 147 Å². The Morgan fingerprint density at radius 1 is 1.04 bits per heavy atom. The summed E-state index contributed by atoms with van der Waals surface area (Å²) in [5.41, 5.74) is 4.03. The summed E-state index contributed by atoms with van der Waals surface area (Å²) in [7, 11) is 0. The third-order valence-electron chi connectivity index (χ3n) is 3.81. The van der Waals surface area contributed by atoms with Gasteiger partial charge in [-0.05, 0) is 30.5 Å². The highest BCUT2D eigenvalue weighted by molar-refractivity contribution is 6.29. The molecule has 0 unspecified atom stereocenters. The number of ether oxygens (including phenoxy) is 1. The van der Waals surface area contributed by atoms with E-state index in [2.05, 4.69) is 24.9 Å². The number of rotatable bonds is 4. The molecule has 0 amide bonds. The first-order valence-electron chi connectivity index (χ1n) is 7.91. The fourth-order valence-electron chi connectivity index (χ4n) is 2.64. The minimum absolute atomic E-state index is 0.366. The van der Waals surface area contributed by atoms with Crippen molar-refractivity contribution in [2.75, 3.05) is 0 Å². The zero-order chi connectivity index (χ0) is 17.1. The average Bonchev–Trinajstić information content (AvgIpc) is 2.57. The summed E-state index contributed by atoms with van der Waals surface area (Å²) in [5.74, 6) is 1.73. The number of pyridine rings is 2. The van der Waals surface area contributed by atoms with E-state index in [1.165, 1.54) is 5.56 Å². The molecule has 0 bridgehead atoms. The second kappa shape index (κ2) is 7.02. The second-order valence-corrected chi connectivity index (χ2v) is 6.33. The normalized spacial score (nSPS) is 10.9. The maximum Gasteiger partial charge on any atom is 0.154 e. The van der Waals surface area contributed by atoms with Crippen molar-refractivity contribution in [2.45, 2.75) is 26.7 Å². The summed E-state index contributed by atoms with van der Waals surface area (Å²) in [4.78, 5) is 8.80. The lowest BCUT2D eigenvalue weighted by Crippen LogP contribution is -2.00. The van der Waals surface area contributed by atoms with Crippen LogP contribution in [-0.4, -0.2) is 9.97 Å². The van der Waals surface area contributed by atoms with Crippen LogP contribution in [0.25, 0.3) is 11.3 Å². The lowest BCUT2D eigenvalue weighted by molar-refractivity contribution is 0.480. The van der Waals surface area contributed by atoms with Gasteiger partial charge in [0.25, 0.3) is 0 Å². The van der Waals surface area contributed by atoms with Crippen molar-refractivity contribution in [3.05, 3.63) is 71.1 Å². The Bertz CT molecular complexity index is 848. The molecular weight excluding hydrogens is 320 g/mol. The average molecular weight is 339 g/mol. The molecule has 3 rings (SSSR count). The minimum atomic E-state index is 0.366. The SMILES string of the molecule is Cc1nc(-c2ccccc2)c(Oc2ccnc(Cl)c2)cc1C(C)C. The van der Waals surface area contributed by atoms with Crippen LogP contribution >= 0.6 is 11.6 Å². The van der Waals surface area contributed by atoms with Crippen molar-refractivity contribution < 1.29 is 4.74 Å². The Kier molecular flexibility index (Phi) is 4.81. The van der Waals surface area contributed by atoms with E-state index in [9.17, 15) is 0 Å². The van der Waals surface area contributed by atoms with Gasteiger partial charge < -0.3 is 4.74 Å². The van der Waals surface area contributed by atoms with Gasteiger partial charge >= 0.3 is 0 Å². The van der Waals surface area contributed by atoms with Gasteiger partial charge in [0, 0.05) is 23.5 Å². The highest BCUT2D eigenvalue weighted by Crippen LogP contribution is 2.35. The molecule has 0 aliphatic carbocycles. The van der Waals surface area contributed by atoms with E-state index in [0.717, 1.165) is 22.7 Å². The van der Waals surface area contributed by atoms with Crippen molar-refractivity contribution in [3.8, 4) is 22.8 Å². The van der Waals surface area contributed by atoms with Gasteiger partial charge in [-0.15, -0.1) is 0 Å². The molecule has 0 radical (unpaired) electrons. The Morgan fingerprint density at radius 3 is 2.46 bits per heavy atom. The summed E-state index contributed by atoms with van der Waals surface area (Å²) in [6.07, 6.45) is 1.63. The fraction of sp³-hybridized carbons (Fsp3) is 0.200. The summed E-state index contributed by atoms with van der Waals surface area (Å²) in [5, 5.41) is 0.401. The van der Waals surface area contributed by atoms with Gasteiger partial charge in [-0.25, -0.2) is 9.97 Å². The van der Waals surface area contributed by atoms with Crippen LogP contribution in [0.1, 0.15) is 31.0 Å². The van der Waals surface area contributed by atoms with Crippen LogP contribution in [0.15, 0.2) is 54.7 Å². The molecule has 0 fully saturated rings. The van der Waals surface area contributed by atoms with E-state index < -0.39 is 0 Å². The first kappa shape index (κ1) is 16.5. The van der Waals surface area contributed by atoms with Gasteiger partial charge in [-0.1, -0.05) is 55.8 Å². The maximum atomic E-state index is 6.10. The summed E-state index contributed by atoms with van der Waals surface area (Å²) < 4.78 is 6.10. The van der Waals surface area contributed by atoms with Crippen LogP contribution in [0.3, 0.4) is 0 Å². The monoisotopic (exact) mass is 338 g/mol. The number of halogens is 1. The van der Waals surface area contributed by atoms with E-state index >= 15 is 0 Å². The van der Waals surface area contributed by atoms with Gasteiger partial charge in [0.05, 0.1) is 0 Å². The van der Waals surface area contributed by atoms with Crippen molar-refractivity contribution in [2.24, 2.45) is 0 Å². The number of hydrogen-bond donors (Lipinski definition) is 0. The van der Waals surface area contributed by atoms with Crippen molar-refractivity contribution in [1.29, 1.82) is 0 Å². The molecule has 3 aromatic rings. The summed E-state index contributed by atoms with van der Waals surface area (Å²) in [6.45, 7) is 6.34. The molecule has 0 saturated heterocycles. The second-order valence-electron chi connectivity index (χ2n) is 5.95. The largest absolute Gasteiger partial charge is 0.455 e. The van der Waals surface area contributed by atoms with Crippen molar-refractivity contribution in [1.82, 2.24) is 9.97 Å². The molecule has 0 aliphatic rings. The minimum Gasteiger partial charge on any atom is -0.455 e. The van der Waals surface area contributed by atoms with E-state index in [0.29, 0.717) is 16.8 Å². The van der Waals surface area contributed by atoms with Crippen LogP contribution in [0, 0.1) is 6.92 Å². The molecule has 0 saturated carbocycles. The zero-order valence-corrected chi connectivity index (χ0v) is 14.7. The molecule has 24 heavy (non-hydrogen) atoms. The summed E-state index contributed by atoms with van der Waals surface area (Å²) >= 11 is 5.97. The standard InChI is InChI=1S/C20H19ClN2O/c1-13(2)17-12-18(24-16-9-10-22-19(21)11-16)20(23-14(17)3)15-7-5-4-6-8-15/h4-13H,1-3H3. The van der Waals surface area contributed by atoms with Crippen molar-refractivity contribution >= 4 is 11.6 Å². The van der Waals surface area contributed by atoms with Gasteiger partial charge in [0.1, 0.15) is 16.6 Å². The number of aromatic nitrogens is 2. The predicted octanol–water partition coefficient (Wildman–Crippen LogP) is 6.02. The number of nitrogens with zero attached hydrogens (tertiary/aromatic N) is 2. The highest BCUT2D eigenvalue weighted by Gasteiger charge is 2.15. The van der Waals surface area contributed by atoms with E-state index in [-0.39, 0.29) is 0 Å². The van der Waals surface area contributed by atoms with Crippen LogP contribution < -0.4 is 4.74 Å². The molecule has 0 N–H and O–H groups in total. The first-order valence-corrected chi connectivity index (χ1v) is 8.28. The molecule has 2 heterocycles. The lowest BCUT2D eigenvalue weighted by Gasteiger charge is -2.16. The lowest BCUT2D eigenvalue weighted by atomic mass is 9.99. The Balaban J connectivity index is 2.12. The topological polar surface area (TPSA) is 35.0 Å². The molecule has 2 aromatic heterocycles. The Morgan fingerprint density at radius 2 is 1.79 bits per heavy atom. The number of aryl methyl sites for hydroxylation is 1. The molecule has 0 spiro atoms. The van der Waals surface area contributed by atoms with Gasteiger partial charge in [-0.2, -0.15) is 0 Å². The predicted molar refractivity (Wildman–Crippen MR) is 97.8 cm³/mol. The maximum absolute atomic E-state index is 6.10.